The molecule has 2 aromatic heterocycles. The molecular weight excluding hydrogens is 483 g/mol. The van der Waals surface area contributed by atoms with Crippen LogP contribution >= 0.6 is 0 Å². The van der Waals surface area contributed by atoms with E-state index in [1.807, 2.05) is 44.2 Å². The van der Waals surface area contributed by atoms with E-state index in [4.69, 9.17) is 4.74 Å². The average molecular weight is 513 g/mol. The van der Waals surface area contributed by atoms with Crippen LogP contribution in [0.3, 0.4) is 0 Å². The molecule has 1 saturated heterocycles. The lowest BCUT2D eigenvalue weighted by Gasteiger charge is -2.26. The van der Waals surface area contributed by atoms with Gasteiger partial charge in [0, 0.05) is 43.3 Å². The molecule has 0 aliphatic carbocycles. The van der Waals surface area contributed by atoms with Gasteiger partial charge in [0.1, 0.15) is 5.82 Å². The third kappa shape index (κ3) is 6.01. The Balaban J connectivity index is 1.28. The van der Waals surface area contributed by atoms with E-state index >= 15 is 4.39 Å². The molecule has 194 valence electrons. The summed E-state index contributed by atoms with van der Waals surface area (Å²) in [6.07, 6.45) is 3.35. The second-order valence-electron chi connectivity index (χ2n) is 9.25. The summed E-state index contributed by atoms with van der Waals surface area (Å²) in [7, 11) is 0. The van der Waals surface area contributed by atoms with Crippen LogP contribution in [0.4, 0.5) is 21.7 Å². The van der Waals surface area contributed by atoms with Crippen molar-refractivity contribution in [2.75, 3.05) is 36.9 Å². The SMILES string of the molecule is Cc1ccc(CN2CCOCC2)cc1NC(=O)c1ccc(Nc2ncc(C)c(-c3ccccn3)n2)c(F)c1. The molecule has 8 nitrogen and oxygen atoms in total. The first-order valence-electron chi connectivity index (χ1n) is 12.5. The molecule has 0 radical (unpaired) electrons. The lowest BCUT2D eigenvalue weighted by molar-refractivity contribution is 0.0342. The number of ether oxygens (including phenoxy) is 1. The molecule has 1 fully saturated rings. The molecule has 1 aliphatic rings. The quantitative estimate of drug-likeness (QED) is 0.355. The van der Waals surface area contributed by atoms with Crippen molar-refractivity contribution in [2.24, 2.45) is 0 Å². The minimum absolute atomic E-state index is 0.168. The molecule has 1 aliphatic heterocycles. The molecule has 0 spiro atoms. The van der Waals surface area contributed by atoms with Crippen LogP contribution in [0.2, 0.25) is 0 Å². The monoisotopic (exact) mass is 512 g/mol. The van der Waals surface area contributed by atoms with E-state index in [-0.39, 0.29) is 23.1 Å². The lowest BCUT2D eigenvalue weighted by Crippen LogP contribution is -2.35. The van der Waals surface area contributed by atoms with Crippen molar-refractivity contribution in [1.82, 2.24) is 19.9 Å². The molecule has 2 N–H and O–H groups in total. The Morgan fingerprint density at radius 2 is 1.84 bits per heavy atom. The number of nitrogens with zero attached hydrogens (tertiary/aromatic N) is 4. The molecule has 0 atom stereocenters. The zero-order valence-electron chi connectivity index (χ0n) is 21.4. The Bertz CT molecular complexity index is 1440. The molecule has 0 unspecified atom stereocenters. The molecular formula is C29H29FN6O2. The van der Waals surface area contributed by atoms with E-state index in [2.05, 4.69) is 36.6 Å². The fraction of sp³-hybridized carbons (Fsp3) is 0.241. The van der Waals surface area contributed by atoms with Gasteiger partial charge in [-0.15, -0.1) is 0 Å². The summed E-state index contributed by atoms with van der Waals surface area (Å²) in [5.41, 5.74) is 5.33. The van der Waals surface area contributed by atoms with Gasteiger partial charge >= 0.3 is 0 Å². The Hall–Kier alpha value is -4.21. The normalized spacial score (nSPS) is 13.8. The van der Waals surface area contributed by atoms with Gasteiger partial charge in [-0.1, -0.05) is 18.2 Å². The first-order chi connectivity index (χ1) is 18.5. The zero-order chi connectivity index (χ0) is 26.5. The summed E-state index contributed by atoms with van der Waals surface area (Å²) < 4.78 is 20.4. The van der Waals surface area contributed by atoms with Gasteiger partial charge in [0.05, 0.1) is 30.3 Å². The number of anilines is 3. The highest BCUT2D eigenvalue weighted by Crippen LogP contribution is 2.24. The van der Waals surface area contributed by atoms with Crippen LogP contribution in [0.1, 0.15) is 27.0 Å². The van der Waals surface area contributed by atoms with Crippen LogP contribution in [0.25, 0.3) is 11.4 Å². The van der Waals surface area contributed by atoms with Crippen molar-refractivity contribution in [3.8, 4) is 11.4 Å². The van der Waals surface area contributed by atoms with Gasteiger partial charge in [-0.3, -0.25) is 14.7 Å². The molecule has 3 heterocycles. The smallest absolute Gasteiger partial charge is 0.255 e. The van der Waals surface area contributed by atoms with Gasteiger partial charge in [-0.2, -0.15) is 0 Å². The first-order valence-corrected chi connectivity index (χ1v) is 12.5. The maximum atomic E-state index is 15.0. The van der Waals surface area contributed by atoms with Gasteiger partial charge in [-0.05, 0) is 66.9 Å². The first kappa shape index (κ1) is 25.4. The molecule has 0 saturated carbocycles. The van der Waals surface area contributed by atoms with E-state index < -0.39 is 5.82 Å². The summed E-state index contributed by atoms with van der Waals surface area (Å²) in [6.45, 7) is 7.83. The maximum Gasteiger partial charge on any atom is 0.255 e. The zero-order valence-corrected chi connectivity index (χ0v) is 21.4. The standard InChI is InChI=1S/C29H29FN6O2/c1-19-6-7-21(18-36-11-13-38-14-12-36)15-26(19)33-28(37)22-8-9-24(23(30)16-22)34-29-32-17-20(2)27(35-29)25-5-3-4-10-31-25/h3-10,15-17H,11-14,18H2,1-2H3,(H,33,37)(H,32,34,35). The van der Waals surface area contributed by atoms with Crippen molar-refractivity contribution < 1.29 is 13.9 Å². The van der Waals surface area contributed by atoms with Crippen molar-refractivity contribution in [1.29, 1.82) is 0 Å². The maximum absolute atomic E-state index is 15.0. The Kier molecular flexibility index (Phi) is 7.67. The minimum atomic E-state index is -0.584. The highest BCUT2D eigenvalue weighted by molar-refractivity contribution is 6.05. The molecule has 4 aromatic rings. The fourth-order valence-corrected chi connectivity index (χ4v) is 4.26. The number of carbonyl (C=O) groups is 1. The number of benzene rings is 2. The van der Waals surface area contributed by atoms with E-state index in [0.717, 1.165) is 49.5 Å². The number of hydrogen-bond acceptors (Lipinski definition) is 7. The van der Waals surface area contributed by atoms with Crippen LogP contribution < -0.4 is 10.6 Å². The third-order valence-electron chi connectivity index (χ3n) is 6.42. The molecule has 1 amide bonds. The summed E-state index contributed by atoms with van der Waals surface area (Å²) in [4.78, 5) is 28.4. The number of rotatable bonds is 7. The number of aromatic nitrogens is 3. The Morgan fingerprint density at radius 1 is 1.00 bits per heavy atom. The summed E-state index contributed by atoms with van der Waals surface area (Å²) >= 11 is 0. The van der Waals surface area contributed by atoms with Crippen LogP contribution in [0, 0.1) is 19.7 Å². The number of aryl methyl sites for hydroxylation is 2. The van der Waals surface area contributed by atoms with Crippen LogP contribution in [0.15, 0.2) is 67.0 Å². The van der Waals surface area contributed by atoms with Crippen molar-refractivity contribution in [2.45, 2.75) is 20.4 Å². The van der Waals surface area contributed by atoms with Crippen molar-refractivity contribution in [3.05, 3.63) is 95.1 Å². The fourth-order valence-electron chi connectivity index (χ4n) is 4.26. The van der Waals surface area contributed by atoms with Crippen LogP contribution in [-0.4, -0.2) is 52.1 Å². The third-order valence-corrected chi connectivity index (χ3v) is 6.42. The number of hydrogen-bond donors (Lipinski definition) is 2. The van der Waals surface area contributed by atoms with E-state index in [0.29, 0.717) is 17.1 Å². The summed E-state index contributed by atoms with van der Waals surface area (Å²) in [5.74, 6) is -0.731. The van der Waals surface area contributed by atoms with Crippen molar-refractivity contribution >= 4 is 23.2 Å². The Morgan fingerprint density at radius 3 is 2.61 bits per heavy atom. The van der Waals surface area contributed by atoms with E-state index in [1.165, 1.54) is 12.1 Å². The predicted octanol–water partition coefficient (Wildman–Crippen LogP) is 5.12. The molecule has 38 heavy (non-hydrogen) atoms. The van der Waals surface area contributed by atoms with Gasteiger partial charge in [0.25, 0.3) is 5.91 Å². The highest BCUT2D eigenvalue weighted by Gasteiger charge is 2.15. The number of carbonyl (C=O) groups excluding carboxylic acids is 1. The van der Waals surface area contributed by atoms with Gasteiger partial charge in [-0.25, -0.2) is 14.4 Å². The highest BCUT2D eigenvalue weighted by atomic mass is 19.1. The van der Waals surface area contributed by atoms with E-state index in [9.17, 15) is 4.79 Å². The largest absolute Gasteiger partial charge is 0.379 e. The lowest BCUT2D eigenvalue weighted by atomic mass is 10.1. The van der Waals surface area contributed by atoms with Gasteiger partial charge in [0.2, 0.25) is 5.95 Å². The van der Waals surface area contributed by atoms with Crippen LogP contribution in [-0.2, 0) is 11.3 Å². The number of pyridine rings is 1. The van der Waals surface area contributed by atoms with Gasteiger partial charge in [0.15, 0.2) is 0 Å². The van der Waals surface area contributed by atoms with Gasteiger partial charge < -0.3 is 15.4 Å². The average Bonchev–Trinajstić information content (AvgIpc) is 2.93. The summed E-state index contributed by atoms with van der Waals surface area (Å²) in [5, 5.41) is 5.84. The molecule has 5 rings (SSSR count). The number of amides is 1. The molecule has 9 heteroatoms. The van der Waals surface area contributed by atoms with E-state index in [1.54, 1.807) is 18.5 Å². The molecule has 0 bridgehead atoms. The number of halogens is 1. The molecule has 2 aromatic carbocycles. The second-order valence-corrected chi connectivity index (χ2v) is 9.25. The number of nitrogens with one attached hydrogen (secondary N) is 2. The van der Waals surface area contributed by atoms with Crippen molar-refractivity contribution in [3.63, 3.8) is 0 Å². The predicted molar refractivity (Wildman–Crippen MR) is 145 cm³/mol. The minimum Gasteiger partial charge on any atom is -0.379 e. The number of morpholine rings is 1. The topological polar surface area (TPSA) is 92.3 Å². The van der Waals surface area contributed by atoms with Crippen LogP contribution in [0.5, 0.6) is 0 Å². The Labute approximate surface area is 220 Å². The second kappa shape index (κ2) is 11.5. The summed E-state index contributed by atoms with van der Waals surface area (Å²) in [6, 6.07) is 15.9.